The minimum atomic E-state index is 0.336. The summed E-state index contributed by atoms with van der Waals surface area (Å²) in [5.74, 6) is 1.74. The fourth-order valence-electron chi connectivity index (χ4n) is 1.94. The average Bonchev–Trinajstić information content (AvgIpc) is 3.25. The Bertz CT molecular complexity index is 966. The van der Waals surface area contributed by atoms with Crippen LogP contribution in [0.5, 0.6) is 0 Å². The first-order valence-electron chi connectivity index (χ1n) is 6.39. The quantitative estimate of drug-likeness (QED) is 0.504. The number of thioether (sulfide) groups is 1. The van der Waals surface area contributed by atoms with Crippen molar-refractivity contribution < 1.29 is 8.83 Å². The minimum Gasteiger partial charge on any atom is -0.459 e. The molecular weight excluding hydrogens is 361 g/mol. The van der Waals surface area contributed by atoms with Gasteiger partial charge < -0.3 is 8.83 Å². The summed E-state index contributed by atoms with van der Waals surface area (Å²) in [5.41, 5.74) is 0.542. The van der Waals surface area contributed by atoms with E-state index in [0.29, 0.717) is 44.1 Å². The van der Waals surface area contributed by atoms with Crippen molar-refractivity contribution in [2.24, 2.45) is 0 Å². The number of rotatable bonds is 4. The van der Waals surface area contributed by atoms with Crippen LogP contribution in [0.2, 0.25) is 10.0 Å². The maximum Gasteiger partial charge on any atom is 0.283 e. The van der Waals surface area contributed by atoms with Crippen molar-refractivity contribution >= 4 is 40.6 Å². The third-order valence-corrected chi connectivity index (χ3v) is 4.33. The largest absolute Gasteiger partial charge is 0.459 e. The molecule has 4 heterocycles. The number of furan rings is 1. The molecule has 0 N–H and O–H groups in total. The van der Waals surface area contributed by atoms with Crippen LogP contribution in [0.4, 0.5) is 0 Å². The van der Waals surface area contributed by atoms with Gasteiger partial charge in [0.25, 0.3) is 5.89 Å². The predicted octanol–water partition coefficient (Wildman–Crippen LogP) is 3.97. The van der Waals surface area contributed by atoms with E-state index in [1.807, 2.05) is 0 Å². The van der Waals surface area contributed by atoms with Crippen molar-refractivity contribution in [1.29, 1.82) is 0 Å². The van der Waals surface area contributed by atoms with Crippen molar-refractivity contribution in [3.8, 4) is 11.7 Å². The SMILES string of the molecule is Clc1cc(Cl)c2nnc(SCc3nnc(-c4ccco4)o3)n2c1. The highest BCUT2D eigenvalue weighted by Crippen LogP contribution is 2.27. The summed E-state index contributed by atoms with van der Waals surface area (Å²) in [7, 11) is 0. The van der Waals surface area contributed by atoms with Gasteiger partial charge in [-0.2, -0.15) is 0 Å². The maximum atomic E-state index is 6.08. The number of fused-ring (bicyclic) bond motifs is 1. The Kier molecular flexibility index (Phi) is 3.72. The van der Waals surface area contributed by atoms with Crippen molar-refractivity contribution in [2.45, 2.75) is 10.9 Å². The zero-order valence-electron chi connectivity index (χ0n) is 11.3. The van der Waals surface area contributed by atoms with E-state index in [4.69, 9.17) is 32.0 Å². The molecule has 4 rings (SSSR count). The van der Waals surface area contributed by atoms with Crippen molar-refractivity contribution in [3.63, 3.8) is 0 Å². The number of halogens is 2. The summed E-state index contributed by atoms with van der Waals surface area (Å²) in [4.78, 5) is 0. The third-order valence-electron chi connectivity index (χ3n) is 2.92. The van der Waals surface area contributed by atoms with Gasteiger partial charge in [0.1, 0.15) is 0 Å². The number of hydrogen-bond donors (Lipinski definition) is 0. The number of nitrogens with zero attached hydrogens (tertiary/aromatic N) is 5. The van der Waals surface area contributed by atoms with E-state index < -0.39 is 0 Å². The number of pyridine rings is 1. The minimum absolute atomic E-state index is 0.336. The van der Waals surface area contributed by atoms with Crippen LogP contribution in [0, 0.1) is 0 Å². The molecule has 0 aliphatic carbocycles. The van der Waals surface area contributed by atoms with Crippen LogP contribution in [0.15, 0.2) is 44.6 Å². The van der Waals surface area contributed by atoms with E-state index in [0.717, 1.165) is 0 Å². The van der Waals surface area contributed by atoms with Gasteiger partial charge in [-0.25, -0.2) is 0 Å². The van der Waals surface area contributed by atoms with Crippen molar-refractivity contribution in [3.05, 3.63) is 46.6 Å². The Labute approximate surface area is 143 Å². The lowest BCUT2D eigenvalue weighted by molar-refractivity contribution is 0.494. The highest BCUT2D eigenvalue weighted by atomic mass is 35.5. The lowest BCUT2D eigenvalue weighted by atomic mass is 10.5. The molecule has 0 fully saturated rings. The molecule has 10 heteroatoms. The van der Waals surface area contributed by atoms with Crippen LogP contribution < -0.4 is 0 Å². The molecule has 0 radical (unpaired) electrons. The predicted molar refractivity (Wildman–Crippen MR) is 84.6 cm³/mol. The van der Waals surface area contributed by atoms with Crippen LogP contribution in [0.1, 0.15) is 5.89 Å². The molecule has 23 heavy (non-hydrogen) atoms. The molecule has 0 atom stereocenters. The molecule has 7 nitrogen and oxygen atoms in total. The molecule has 0 aliphatic rings. The number of hydrogen-bond acceptors (Lipinski definition) is 7. The second-order valence-electron chi connectivity index (χ2n) is 4.45. The zero-order chi connectivity index (χ0) is 15.8. The van der Waals surface area contributed by atoms with Gasteiger partial charge in [-0.3, -0.25) is 4.40 Å². The normalized spacial score (nSPS) is 11.4. The molecule has 0 aliphatic heterocycles. The lowest BCUT2D eigenvalue weighted by Gasteiger charge is -1.99. The van der Waals surface area contributed by atoms with Crippen LogP contribution in [0.3, 0.4) is 0 Å². The fourth-order valence-corrected chi connectivity index (χ4v) is 3.19. The van der Waals surface area contributed by atoms with Gasteiger partial charge in [-0.05, 0) is 18.2 Å². The Morgan fingerprint density at radius 3 is 2.91 bits per heavy atom. The van der Waals surface area contributed by atoms with Gasteiger partial charge in [0.2, 0.25) is 5.89 Å². The smallest absolute Gasteiger partial charge is 0.283 e. The summed E-state index contributed by atoms with van der Waals surface area (Å²) in [6.07, 6.45) is 3.25. The third kappa shape index (κ3) is 2.80. The first kappa shape index (κ1) is 14.6. The monoisotopic (exact) mass is 367 g/mol. The molecule has 0 saturated carbocycles. The molecule has 0 spiro atoms. The van der Waals surface area contributed by atoms with Gasteiger partial charge in [0.05, 0.1) is 22.1 Å². The first-order chi connectivity index (χ1) is 11.2. The van der Waals surface area contributed by atoms with Gasteiger partial charge in [-0.1, -0.05) is 35.0 Å². The Hall–Kier alpha value is -2.03. The summed E-state index contributed by atoms with van der Waals surface area (Å²) < 4.78 is 12.5. The molecule has 4 aromatic rings. The second kappa shape index (κ2) is 5.88. The Morgan fingerprint density at radius 2 is 2.09 bits per heavy atom. The Balaban J connectivity index is 1.56. The maximum absolute atomic E-state index is 6.08. The van der Waals surface area contributed by atoms with Gasteiger partial charge in [-0.15, -0.1) is 20.4 Å². The van der Waals surface area contributed by atoms with Crippen LogP contribution in [-0.2, 0) is 5.75 Å². The van der Waals surface area contributed by atoms with Crippen molar-refractivity contribution in [2.75, 3.05) is 0 Å². The highest BCUT2D eigenvalue weighted by molar-refractivity contribution is 7.98. The standard InChI is InChI=1S/C13H7Cl2N5O2S/c14-7-4-8(15)11-17-19-13(20(11)5-7)23-6-10-16-18-12(22-10)9-2-1-3-21-9/h1-5H,6H2. The van der Waals surface area contributed by atoms with E-state index in [9.17, 15) is 0 Å². The van der Waals surface area contributed by atoms with Crippen LogP contribution in [-0.4, -0.2) is 24.8 Å². The molecule has 0 unspecified atom stereocenters. The molecule has 0 saturated heterocycles. The van der Waals surface area contributed by atoms with E-state index in [-0.39, 0.29) is 0 Å². The van der Waals surface area contributed by atoms with Crippen molar-refractivity contribution in [1.82, 2.24) is 24.8 Å². The van der Waals surface area contributed by atoms with Crippen LogP contribution in [0.25, 0.3) is 17.3 Å². The molecular formula is C13H7Cl2N5O2S. The summed E-state index contributed by atoms with van der Waals surface area (Å²) in [5, 5.41) is 17.6. The summed E-state index contributed by atoms with van der Waals surface area (Å²) in [6, 6.07) is 5.12. The van der Waals surface area contributed by atoms with Gasteiger partial charge in [0, 0.05) is 6.20 Å². The van der Waals surface area contributed by atoms with E-state index in [1.165, 1.54) is 11.8 Å². The highest BCUT2D eigenvalue weighted by Gasteiger charge is 2.14. The second-order valence-corrected chi connectivity index (χ2v) is 6.24. The number of aromatic nitrogens is 5. The molecule has 0 aromatic carbocycles. The molecule has 0 bridgehead atoms. The van der Waals surface area contributed by atoms with Gasteiger partial charge in [0.15, 0.2) is 16.6 Å². The van der Waals surface area contributed by atoms with E-state index in [2.05, 4.69) is 20.4 Å². The van der Waals surface area contributed by atoms with E-state index >= 15 is 0 Å². The zero-order valence-corrected chi connectivity index (χ0v) is 13.6. The topological polar surface area (TPSA) is 82.2 Å². The molecule has 0 amide bonds. The average molecular weight is 368 g/mol. The summed E-state index contributed by atoms with van der Waals surface area (Å²) in [6.45, 7) is 0. The van der Waals surface area contributed by atoms with Gasteiger partial charge >= 0.3 is 0 Å². The Morgan fingerprint density at radius 1 is 1.17 bits per heavy atom. The molecule has 116 valence electrons. The lowest BCUT2D eigenvalue weighted by Crippen LogP contribution is -1.89. The van der Waals surface area contributed by atoms with E-state index in [1.54, 1.807) is 35.1 Å². The van der Waals surface area contributed by atoms with Crippen LogP contribution >= 0.6 is 35.0 Å². The summed E-state index contributed by atoms with van der Waals surface area (Å²) >= 11 is 13.5. The molecule has 4 aromatic heterocycles. The first-order valence-corrected chi connectivity index (χ1v) is 8.14. The fraction of sp³-hybridized carbons (Fsp3) is 0.0769.